The van der Waals surface area contributed by atoms with Crippen molar-refractivity contribution in [3.05, 3.63) is 33.9 Å². The highest BCUT2D eigenvalue weighted by Crippen LogP contribution is 2.24. The molecule has 0 bridgehead atoms. The van der Waals surface area contributed by atoms with Gasteiger partial charge in [-0.2, -0.15) is 5.26 Å². The van der Waals surface area contributed by atoms with E-state index in [1.807, 2.05) is 0 Å². The number of nitrogens with one attached hydrogen (secondary N) is 1. The van der Waals surface area contributed by atoms with Gasteiger partial charge in [-0.05, 0) is 25.8 Å². The molecule has 1 aliphatic rings. The minimum Gasteiger partial charge on any atom is -0.300 e. The molecule has 1 N–H and O–H groups in total. The SMILES string of the molecule is CN(Cc1cc(=O)n2[nH]cc(C#N)c2n1)CC1CCCCC1. The lowest BCUT2D eigenvalue weighted by Crippen LogP contribution is -2.28. The molecular formula is C16H21N5O. The zero-order valence-electron chi connectivity index (χ0n) is 12.9. The van der Waals surface area contributed by atoms with Gasteiger partial charge < -0.3 is 4.90 Å². The van der Waals surface area contributed by atoms with Crippen molar-refractivity contribution in [2.45, 2.75) is 38.6 Å². The Hall–Kier alpha value is -2.13. The van der Waals surface area contributed by atoms with Gasteiger partial charge in [0.2, 0.25) is 0 Å². The minimum atomic E-state index is -0.174. The summed E-state index contributed by atoms with van der Waals surface area (Å²) < 4.78 is 1.31. The number of H-pyrrole nitrogens is 1. The standard InChI is InChI=1S/C16H21N5O/c1-20(10-12-5-3-2-4-6-12)11-14-7-15(22)21-16(19-14)13(8-17)9-18-21/h7,9,12,18H,2-6,10-11H2,1H3. The first-order valence-electron chi connectivity index (χ1n) is 7.86. The number of hydrogen-bond donors (Lipinski definition) is 1. The first-order chi connectivity index (χ1) is 10.7. The molecule has 6 nitrogen and oxygen atoms in total. The molecule has 3 rings (SSSR count). The summed E-state index contributed by atoms with van der Waals surface area (Å²) in [6.45, 7) is 1.68. The number of nitriles is 1. The summed E-state index contributed by atoms with van der Waals surface area (Å²) in [5.74, 6) is 0.755. The highest BCUT2D eigenvalue weighted by Gasteiger charge is 2.16. The monoisotopic (exact) mass is 299 g/mol. The van der Waals surface area contributed by atoms with Crippen molar-refractivity contribution < 1.29 is 0 Å². The zero-order valence-corrected chi connectivity index (χ0v) is 12.9. The Labute approximate surface area is 129 Å². The molecule has 0 aromatic carbocycles. The average Bonchev–Trinajstić information content (AvgIpc) is 2.91. The van der Waals surface area contributed by atoms with Gasteiger partial charge in [-0.25, -0.2) is 9.50 Å². The first-order valence-corrected chi connectivity index (χ1v) is 7.86. The van der Waals surface area contributed by atoms with E-state index in [4.69, 9.17) is 5.26 Å². The van der Waals surface area contributed by atoms with Crippen molar-refractivity contribution in [1.29, 1.82) is 5.26 Å². The van der Waals surface area contributed by atoms with E-state index in [1.165, 1.54) is 42.8 Å². The van der Waals surface area contributed by atoms with Gasteiger partial charge in [-0.3, -0.25) is 9.89 Å². The third-order valence-corrected chi connectivity index (χ3v) is 4.40. The molecule has 6 heteroatoms. The Morgan fingerprint density at radius 2 is 2.23 bits per heavy atom. The van der Waals surface area contributed by atoms with Crippen molar-refractivity contribution in [2.75, 3.05) is 13.6 Å². The maximum absolute atomic E-state index is 12.1. The highest BCUT2D eigenvalue weighted by atomic mass is 16.1. The van der Waals surface area contributed by atoms with Crippen molar-refractivity contribution in [2.24, 2.45) is 5.92 Å². The molecule has 1 fully saturated rings. The molecule has 0 atom stereocenters. The smallest absolute Gasteiger partial charge is 0.272 e. The lowest BCUT2D eigenvalue weighted by Gasteiger charge is -2.26. The van der Waals surface area contributed by atoms with Gasteiger partial charge in [0.15, 0.2) is 5.65 Å². The third-order valence-electron chi connectivity index (χ3n) is 4.40. The number of aromatic nitrogens is 3. The van der Waals surface area contributed by atoms with Crippen LogP contribution in [0.3, 0.4) is 0 Å². The summed E-state index contributed by atoms with van der Waals surface area (Å²) >= 11 is 0. The molecule has 2 heterocycles. The van der Waals surface area contributed by atoms with Crippen LogP contribution in [-0.4, -0.2) is 33.1 Å². The summed E-state index contributed by atoms with van der Waals surface area (Å²) in [6.07, 6.45) is 8.14. The summed E-state index contributed by atoms with van der Waals surface area (Å²) in [7, 11) is 2.07. The molecule has 0 aliphatic heterocycles. The number of rotatable bonds is 4. The van der Waals surface area contributed by atoms with Gasteiger partial charge in [-0.1, -0.05) is 19.3 Å². The lowest BCUT2D eigenvalue weighted by molar-refractivity contribution is 0.226. The second kappa shape index (κ2) is 6.32. The fourth-order valence-electron chi connectivity index (χ4n) is 3.34. The summed E-state index contributed by atoms with van der Waals surface area (Å²) in [6, 6.07) is 3.60. The summed E-state index contributed by atoms with van der Waals surface area (Å²) in [5, 5.41) is 11.8. The Morgan fingerprint density at radius 3 is 2.95 bits per heavy atom. The van der Waals surface area contributed by atoms with Crippen molar-refractivity contribution in [1.82, 2.24) is 19.5 Å². The van der Waals surface area contributed by atoms with Crippen LogP contribution >= 0.6 is 0 Å². The number of fused-ring (bicyclic) bond motifs is 1. The Kier molecular flexibility index (Phi) is 4.25. The van der Waals surface area contributed by atoms with Gasteiger partial charge in [0.05, 0.1) is 5.69 Å². The third kappa shape index (κ3) is 3.04. The van der Waals surface area contributed by atoms with Crippen LogP contribution in [0.15, 0.2) is 17.1 Å². The van der Waals surface area contributed by atoms with Crippen molar-refractivity contribution in [3.63, 3.8) is 0 Å². The van der Waals surface area contributed by atoms with Crippen LogP contribution in [0.25, 0.3) is 5.65 Å². The minimum absolute atomic E-state index is 0.174. The largest absolute Gasteiger partial charge is 0.300 e. The normalized spacial score (nSPS) is 16.2. The van der Waals surface area contributed by atoms with Crippen LogP contribution < -0.4 is 5.56 Å². The Bertz CT molecular complexity index is 748. The van der Waals surface area contributed by atoms with Gasteiger partial charge in [-0.15, -0.1) is 0 Å². The van der Waals surface area contributed by atoms with Crippen LogP contribution in [0.5, 0.6) is 0 Å². The number of aromatic amines is 1. The molecule has 0 amide bonds. The predicted molar refractivity (Wildman–Crippen MR) is 83.4 cm³/mol. The van der Waals surface area contributed by atoms with E-state index in [0.717, 1.165) is 18.2 Å². The van der Waals surface area contributed by atoms with Gasteiger partial charge in [0, 0.05) is 25.4 Å². The zero-order chi connectivity index (χ0) is 15.5. The fourth-order valence-corrected chi connectivity index (χ4v) is 3.34. The second-order valence-electron chi connectivity index (χ2n) is 6.24. The summed E-state index contributed by atoms with van der Waals surface area (Å²) in [4.78, 5) is 18.8. The van der Waals surface area contributed by atoms with E-state index in [-0.39, 0.29) is 5.56 Å². The van der Waals surface area contributed by atoms with Crippen LogP contribution in [0.2, 0.25) is 0 Å². The van der Waals surface area contributed by atoms with Crippen LogP contribution in [-0.2, 0) is 6.54 Å². The van der Waals surface area contributed by atoms with E-state index < -0.39 is 0 Å². The average molecular weight is 299 g/mol. The maximum atomic E-state index is 12.1. The second-order valence-corrected chi connectivity index (χ2v) is 6.24. The molecule has 116 valence electrons. The van der Waals surface area contributed by atoms with E-state index in [9.17, 15) is 4.79 Å². The predicted octanol–water partition coefficient (Wildman–Crippen LogP) is 1.91. The molecule has 22 heavy (non-hydrogen) atoms. The Morgan fingerprint density at radius 1 is 1.45 bits per heavy atom. The van der Waals surface area contributed by atoms with Crippen molar-refractivity contribution >= 4 is 5.65 Å². The highest BCUT2D eigenvalue weighted by molar-refractivity contribution is 5.53. The van der Waals surface area contributed by atoms with Crippen LogP contribution in [0, 0.1) is 17.2 Å². The van der Waals surface area contributed by atoms with Crippen LogP contribution in [0.1, 0.15) is 43.4 Å². The fraction of sp³-hybridized carbons (Fsp3) is 0.562. The molecule has 2 aromatic heterocycles. The molecule has 0 spiro atoms. The van der Waals surface area contributed by atoms with E-state index >= 15 is 0 Å². The first kappa shape index (κ1) is 14.8. The topological polar surface area (TPSA) is 77.2 Å². The Balaban J connectivity index is 1.75. The van der Waals surface area contributed by atoms with E-state index in [2.05, 4.69) is 28.1 Å². The molecular weight excluding hydrogens is 278 g/mol. The van der Waals surface area contributed by atoms with Crippen LogP contribution in [0.4, 0.5) is 0 Å². The van der Waals surface area contributed by atoms with E-state index in [1.54, 1.807) is 6.07 Å². The van der Waals surface area contributed by atoms with Gasteiger partial charge in [0.1, 0.15) is 11.6 Å². The van der Waals surface area contributed by atoms with Gasteiger partial charge >= 0.3 is 0 Å². The molecule has 0 unspecified atom stereocenters. The molecule has 1 aliphatic carbocycles. The molecule has 2 aromatic rings. The quantitative estimate of drug-likeness (QED) is 0.935. The van der Waals surface area contributed by atoms with Crippen molar-refractivity contribution in [3.8, 4) is 6.07 Å². The maximum Gasteiger partial charge on any atom is 0.272 e. The molecule has 1 saturated carbocycles. The molecule has 0 radical (unpaired) electrons. The number of hydrogen-bond acceptors (Lipinski definition) is 4. The summed E-state index contributed by atoms with van der Waals surface area (Å²) in [5.41, 5.74) is 1.36. The van der Waals surface area contributed by atoms with E-state index in [0.29, 0.717) is 17.8 Å². The molecule has 0 saturated heterocycles. The van der Waals surface area contributed by atoms with Gasteiger partial charge in [0.25, 0.3) is 5.56 Å². The number of nitrogens with zero attached hydrogens (tertiary/aromatic N) is 4. The lowest BCUT2D eigenvalue weighted by atomic mass is 9.89.